The Labute approximate surface area is 133 Å². The molecule has 1 saturated heterocycles. The molecule has 1 saturated carbocycles. The van der Waals surface area contributed by atoms with Crippen molar-refractivity contribution in [3.8, 4) is 5.75 Å². The number of ether oxygens (including phenoxy) is 2. The lowest BCUT2D eigenvalue weighted by molar-refractivity contribution is -0.140. The first-order chi connectivity index (χ1) is 10.8. The van der Waals surface area contributed by atoms with Gasteiger partial charge in [0.25, 0.3) is 0 Å². The summed E-state index contributed by atoms with van der Waals surface area (Å²) in [5, 5.41) is 0. The summed E-state index contributed by atoms with van der Waals surface area (Å²) in [4.78, 5) is 12.3. The van der Waals surface area contributed by atoms with Crippen molar-refractivity contribution in [1.82, 2.24) is 0 Å². The van der Waals surface area contributed by atoms with Crippen LogP contribution >= 0.6 is 0 Å². The third-order valence-electron chi connectivity index (χ3n) is 4.95. The molecule has 3 heteroatoms. The van der Waals surface area contributed by atoms with Gasteiger partial charge in [-0.1, -0.05) is 38.3 Å². The number of hydrogen-bond donors (Lipinski definition) is 0. The zero-order chi connectivity index (χ0) is 15.4. The fourth-order valence-corrected chi connectivity index (χ4v) is 3.37. The van der Waals surface area contributed by atoms with Crippen LogP contribution in [0.2, 0.25) is 0 Å². The topological polar surface area (TPSA) is 38.8 Å². The SMILES string of the molecule is CCCCC1CCC(C(=O)Oc2ccc(C3CO3)cc2)CC1. The average Bonchev–Trinajstić information content (AvgIpc) is 3.39. The summed E-state index contributed by atoms with van der Waals surface area (Å²) in [7, 11) is 0. The summed E-state index contributed by atoms with van der Waals surface area (Å²) in [6.45, 7) is 3.05. The predicted octanol–water partition coefficient (Wildman–Crippen LogP) is 4.66. The number of esters is 1. The molecular formula is C19H26O3. The molecule has 1 heterocycles. The van der Waals surface area contributed by atoms with Gasteiger partial charge in [0.15, 0.2) is 0 Å². The van der Waals surface area contributed by atoms with Gasteiger partial charge in [0.05, 0.1) is 12.5 Å². The highest BCUT2D eigenvalue weighted by molar-refractivity contribution is 5.75. The second-order valence-corrected chi connectivity index (χ2v) is 6.67. The van der Waals surface area contributed by atoms with Crippen LogP contribution < -0.4 is 4.74 Å². The molecule has 0 aromatic heterocycles. The van der Waals surface area contributed by atoms with Crippen LogP contribution in [0, 0.1) is 11.8 Å². The highest BCUT2D eigenvalue weighted by atomic mass is 16.6. The first kappa shape index (κ1) is 15.5. The smallest absolute Gasteiger partial charge is 0.314 e. The molecule has 1 aromatic rings. The number of rotatable bonds is 6. The minimum atomic E-state index is -0.0515. The van der Waals surface area contributed by atoms with Crippen molar-refractivity contribution in [1.29, 1.82) is 0 Å². The van der Waals surface area contributed by atoms with Crippen molar-refractivity contribution >= 4 is 5.97 Å². The maximum atomic E-state index is 12.3. The lowest BCUT2D eigenvalue weighted by atomic mass is 9.80. The normalized spacial score (nSPS) is 27.4. The number of epoxide rings is 1. The summed E-state index contributed by atoms with van der Waals surface area (Å²) in [5.41, 5.74) is 1.16. The van der Waals surface area contributed by atoms with Crippen LogP contribution in [0.5, 0.6) is 5.75 Å². The van der Waals surface area contributed by atoms with E-state index in [1.54, 1.807) is 0 Å². The lowest BCUT2D eigenvalue weighted by Gasteiger charge is -2.27. The van der Waals surface area contributed by atoms with E-state index in [0.29, 0.717) is 5.75 Å². The van der Waals surface area contributed by atoms with Crippen LogP contribution in [0.15, 0.2) is 24.3 Å². The quantitative estimate of drug-likeness (QED) is 0.436. The summed E-state index contributed by atoms with van der Waals surface area (Å²) < 4.78 is 10.8. The molecule has 1 aliphatic carbocycles. The van der Waals surface area contributed by atoms with E-state index < -0.39 is 0 Å². The Morgan fingerprint density at radius 1 is 1.18 bits per heavy atom. The van der Waals surface area contributed by atoms with Gasteiger partial charge in [-0.3, -0.25) is 4.79 Å². The Balaban J connectivity index is 1.45. The van der Waals surface area contributed by atoms with E-state index in [2.05, 4.69) is 6.92 Å². The van der Waals surface area contributed by atoms with Gasteiger partial charge < -0.3 is 9.47 Å². The third kappa shape index (κ3) is 4.10. The van der Waals surface area contributed by atoms with E-state index in [1.165, 1.54) is 32.1 Å². The minimum Gasteiger partial charge on any atom is -0.426 e. The minimum absolute atomic E-state index is 0.0515. The zero-order valence-corrected chi connectivity index (χ0v) is 13.4. The summed E-state index contributed by atoms with van der Waals surface area (Å²) >= 11 is 0. The first-order valence-corrected chi connectivity index (χ1v) is 8.69. The molecule has 22 heavy (non-hydrogen) atoms. The molecular weight excluding hydrogens is 276 g/mol. The molecule has 120 valence electrons. The summed E-state index contributed by atoms with van der Waals surface area (Å²) in [6.07, 6.45) is 8.49. The number of benzene rings is 1. The molecule has 0 radical (unpaired) electrons. The number of hydrogen-bond acceptors (Lipinski definition) is 3. The summed E-state index contributed by atoms with van der Waals surface area (Å²) in [6, 6.07) is 7.73. The van der Waals surface area contributed by atoms with Crippen molar-refractivity contribution in [3.63, 3.8) is 0 Å². The molecule has 1 aliphatic heterocycles. The fraction of sp³-hybridized carbons (Fsp3) is 0.632. The zero-order valence-electron chi connectivity index (χ0n) is 13.4. The standard InChI is InChI=1S/C19H26O3/c1-2-3-4-14-5-7-16(8-6-14)19(20)22-17-11-9-15(10-12-17)18-13-21-18/h9-12,14,16,18H,2-8,13H2,1H3. The number of unbranched alkanes of at least 4 members (excludes halogenated alkanes) is 1. The molecule has 0 spiro atoms. The van der Waals surface area contributed by atoms with E-state index >= 15 is 0 Å². The van der Waals surface area contributed by atoms with Crippen LogP contribution in [-0.2, 0) is 9.53 Å². The van der Waals surface area contributed by atoms with Crippen LogP contribution in [-0.4, -0.2) is 12.6 Å². The predicted molar refractivity (Wildman–Crippen MR) is 85.7 cm³/mol. The van der Waals surface area contributed by atoms with Gasteiger partial charge >= 0.3 is 5.97 Å². The van der Waals surface area contributed by atoms with Crippen LogP contribution in [0.25, 0.3) is 0 Å². The van der Waals surface area contributed by atoms with E-state index in [-0.39, 0.29) is 18.0 Å². The Bertz CT molecular complexity index is 482. The lowest BCUT2D eigenvalue weighted by Crippen LogP contribution is -2.25. The first-order valence-electron chi connectivity index (χ1n) is 8.69. The molecule has 0 amide bonds. The Morgan fingerprint density at radius 2 is 1.86 bits per heavy atom. The molecule has 1 unspecified atom stereocenters. The highest BCUT2D eigenvalue weighted by Crippen LogP contribution is 2.33. The average molecular weight is 302 g/mol. The third-order valence-corrected chi connectivity index (χ3v) is 4.95. The summed E-state index contributed by atoms with van der Waals surface area (Å²) in [5.74, 6) is 1.51. The van der Waals surface area contributed by atoms with Gasteiger partial charge in [0.2, 0.25) is 0 Å². The molecule has 1 aromatic carbocycles. The molecule has 3 rings (SSSR count). The Hall–Kier alpha value is -1.35. The maximum Gasteiger partial charge on any atom is 0.314 e. The van der Waals surface area contributed by atoms with Crippen LogP contribution in [0.1, 0.15) is 63.5 Å². The molecule has 2 aliphatic rings. The van der Waals surface area contributed by atoms with Gasteiger partial charge in [-0.25, -0.2) is 0 Å². The Kier molecular flexibility index (Phi) is 5.14. The van der Waals surface area contributed by atoms with Gasteiger partial charge in [0.1, 0.15) is 11.9 Å². The van der Waals surface area contributed by atoms with Crippen molar-refractivity contribution in [2.24, 2.45) is 11.8 Å². The second-order valence-electron chi connectivity index (χ2n) is 6.67. The highest BCUT2D eigenvalue weighted by Gasteiger charge is 2.28. The maximum absolute atomic E-state index is 12.3. The van der Waals surface area contributed by atoms with E-state index in [1.807, 2.05) is 24.3 Å². The van der Waals surface area contributed by atoms with E-state index in [9.17, 15) is 4.79 Å². The number of carbonyl (C=O) groups excluding carboxylic acids is 1. The van der Waals surface area contributed by atoms with Crippen LogP contribution in [0.3, 0.4) is 0 Å². The van der Waals surface area contributed by atoms with Gasteiger partial charge in [0, 0.05) is 0 Å². The fourth-order valence-electron chi connectivity index (χ4n) is 3.37. The number of carbonyl (C=O) groups is 1. The molecule has 0 N–H and O–H groups in total. The van der Waals surface area contributed by atoms with Gasteiger partial charge in [-0.05, 0) is 49.3 Å². The van der Waals surface area contributed by atoms with Gasteiger partial charge in [-0.15, -0.1) is 0 Å². The molecule has 0 bridgehead atoms. The largest absolute Gasteiger partial charge is 0.426 e. The monoisotopic (exact) mass is 302 g/mol. The van der Waals surface area contributed by atoms with Gasteiger partial charge in [-0.2, -0.15) is 0 Å². The van der Waals surface area contributed by atoms with Crippen molar-refractivity contribution < 1.29 is 14.3 Å². The van der Waals surface area contributed by atoms with Crippen LogP contribution in [0.4, 0.5) is 0 Å². The van der Waals surface area contributed by atoms with E-state index in [0.717, 1.165) is 30.9 Å². The van der Waals surface area contributed by atoms with Crippen molar-refractivity contribution in [2.45, 2.75) is 58.0 Å². The Morgan fingerprint density at radius 3 is 2.45 bits per heavy atom. The van der Waals surface area contributed by atoms with Crippen molar-refractivity contribution in [2.75, 3.05) is 6.61 Å². The van der Waals surface area contributed by atoms with E-state index in [4.69, 9.17) is 9.47 Å². The van der Waals surface area contributed by atoms with Crippen molar-refractivity contribution in [3.05, 3.63) is 29.8 Å². The molecule has 3 nitrogen and oxygen atoms in total. The molecule has 1 atom stereocenters. The second kappa shape index (κ2) is 7.28. The molecule has 2 fully saturated rings.